The van der Waals surface area contributed by atoms with E-state index in [0.29, 0.717) is 30.8 Å². The predicted molar refractivity (Wildman–Crippen MR) is 101 cm³/mol. The fourth-order valence-electron chi connectivity index (χ4n) is 2.72. The normalized spacial score (nSPS) is 17.2. The smallest absolute Gasteiger partial charge is 0.368 e. The molecule has 1 heterocycles. The highest BCUT2D eigenvalue weighted by molar-refractivity contribution is 7.92. The third kappa shape index (κ3) is 5.20. The molecular formula is C18H16ClF3N2O4S. The van der Waals surface area contributed by atoms with Crippen LogP contribution in [-0.4, -0.2) is 27.0 Å². The molecule has 3 rings (SSSR count). The molecule has 0 radical (unpaired) electrons. The molecule has 0 unspecified atom stereocenters. The van der Waals surface area contributed by atoms with Crippen molar-refractivity contribution in [1.29, 1.82) is 0 Å². The molecule has 1 saturated heterocycles. The first-order chi connectivity index (χ1) is 13.6. The van der Waals surface area contributed by atoms with E-state index in [1.54, 1.807) is 0 Å². The molecule has 11 heteroatoms. The first-order valence-electron chi connectivity index (χ1n) is 8.48. The van der Waals surface area contributed by atoms with Gasteiger partial charge in [0.25, 0.3) is 15.9 Å². The Labute approximate surface area is 170 Å². The summed E-state index contributed by atoms with van der Waals surface area (Å²) in [5, 5.41) is 2.31. The molecule has 1 amide bonds. The Morgan fingerprint density at radius 2 is 1.76 bits per heavy atom. The third-order valence-corrected chi connectivity index (χ3v) is 6.04. The maximum Gasteiger partial charge on any atom is 0.416 e. The van der Waals surface area contributed by atoms with Crippen LogP contribution in [0.25, 0.3) is 0 Å². The van der Waals surface area contributed by atoms with Gasteiger partial charge < -0.3 is 10.1 Å². The minimum Gasteiger partial charge on any atom is -0.368 e. The summed E-state index contributed by atoms with van der Waals surface area (Å²) in [5.74, 6) is -0.299. The van der Waals surface area contributed by atoms with Gasteiger partial charge in [0.15, 0.2) is 0 Å². The predicted octanol–water partition coefficient (Wildman–Crippen LogP) is 4.28. The molecule has 2 aromatic carbocycles. The van der Waals surface area contributed by atoms with Gasteiger partial charge in [-0.15, -0.1) is 0 Å². The van der Waals surface area contributed by atoms with Crippen molar-refractivity contribution in [1.82, 2.24) is 0 Å². The number of sulfonamides is 1. The number of hydrogen-bond acceptors (Lipinski definition) is 4. The molecule has 1 fully saturated rings. The van der Waals surface area contributed by atoms with Gasteiger partial charge in [0, 0.05) is 18.0 Å². The van der Waals surface area contributed by atoms with E-state index in [4.69, 9.17) is 16.3 Å². The second-order valence-corrected chi connectivity index (χ2v) is 8.37. The first-order valence-corrected chi connectivity index (χ1v) is 10.3. The summed E-state index contributed by atoms with van der Waals surface area (Å²) in [6.45, 7) is 0.525. The zero-order chi connectivity index (χ0) is 21.2. The van der Waals surface area contributed by atoms with Gasteiger partial charge in [0.05, 0.1) is 10.6 Å². The number of amides is 1. The van der Waals surface area contributed by atoms with Gasteiger partial charge in [-0.05, 0) is 55.3 Å². The lowest BCUT2D eigenvalue weighted by Crippen LogP contribution is -2.26. The second kappa shape index (κ2) is 8.21. The average Bonchev–Trinajstić information content (AvgIpc) is 3.17. The van der Waals surface area contributed by atoms with Crippen molar-refractivity contribution in [2.45, 2.75) is 30.0 Å². The van der Waals surface area contributed by atoms with Crippen LogP contribution in [0.4, 0.5) is 24.5 Å². The fourth-order valence-corrected chi connectivity index (χ4v) is 4.31. The van der Waals surface area contributed by atoms with Crippen LogP contribution in [0, 0.1) is 0 Å². The quantitative estimate of drug-likeness (QED) is 0.715. The largest absolute Gasteiger partial charge is 0.416 e. The molecule has 0 saturated carbocycles. The van der Waals surface area contributed by atoms with Crippen LogP contribution in [0.3, 0.4) is 0 Å². The van der Waals surface area contributed by atoms with Crippen molar-refractivity contribution >= 4 is 38.9 Å². The van der Waals surface area contributed by atoms with Crippen molar-refractivity contribution in [3.63, 3.8) is 0 Å². The Bertz CT molecular complexity index is 1000. The summed E-state index contributed by atoms with van der Waals surface area (Å²) in [5.41, 5.74) is -0.617. The molecule has 2 aromatic rings. The molecule has 156 valence electrons. The number of carbonyl (C=O) groups is 1. The molecule has 1 aliphatic rings. The number of alkyl halides is 3. The summed E-state index contributed by atoms with van der Waals surface area (Å²) in [6.07, 6.45) is -3.80. The topological polar surface area (TPSA) is 84.5 Å². The Kier molecular flexibility index (Phi) is 6.06. The van der Waals surface area contributed by atoms with Crippen molar-refractivity contribution in [2.24, 2.45) is 0 Å². The monoisotopic (exact) mass is 448 g/mol. The number of carbonyl (C=O) groups excluding carboxylic acids is 1. The van der Waals surface area contributed by atoms with Crippen LogP contribution in [0.15, 0.2) is 47.4 Å². The lowest BCUT2D eigenvalue weighted by molar-refractivity contribution is -0.137. The van der Waals surface area contributed by atoms with Crippen LogP contribution >= 0.6 is 11.6 Å². The molecule has 1 atom stereocenters. The average molecular weight is 449 g/mol. The zero-order valence-electron chi connectivity index (χ0n) is 14.8. The van der Waals surface area contributed by atoms with Crippen molar-refractivity contribution in [3.8, 4) is 0 Å². The van der Waals surface area contributed by atoms with Crippen molar-refractivity contribution in [3.05, 3.63) is 53.1 Å². The molecule has 0 aliphatic carbocycles. The molecule has 0 aromatic heterocycles. The van der Waals surface area contributed by atoms with Gasteiger partial charge >= 0.3 is 6.18 Å². The summed E-state index contributed by atoms with van der Waals surface area (Å²) in [7, 11) is -4.37. The number of ether oxygens (including phenoxy) is 1. The SMILES string of the molecule is O=C(Nc1ccc(NS(=O)(=O)c2cc(C(F)(F)F)ccc2Cl)cc1)[C@@H]1CCCO1. The molecule has 0 bridgehead atoms. The molecule has 1 aliphatic heterocycles. The van der Waals surface area contributed by atoms with E-state index in [1.807, 2.05) is 0 Å². The van der Waals surface area contributed by atoms with E-state index >= 15 is 0 Å². The minimum atomic E-state index is -4.71. The Morgan fingerprint density at radius 3 is 2.34 bits per heavy atom. The standard InChI is InChI=1S/C18H16ClF3N2O4S/c19-14-8-3-11(18(20,21)22)10-16(14)29(26,27)24-13-6-4-12(5-7-13)23-17(25)15-2-1-9-28-15/h3-8,10,15,24H,1-2,9H2,(H,23,25)/t15-/m0/s1. The summed E-state index contributed by atoms with van der Waals surface area (Å²) in [6, 6.07) is 7.70. The van der Waals surface area contributed by atoms with Crippen LogP contribution in [0.2, 0.25) is 5.02 Å². The zero-order valence-corrected chi connectivity index (χ0v) is 16.4. The van der Waals surface area contributed by atoms with Gasteiger partial charge in [-0.2, -0.15) is 13.2 Å². The van der Waals surface area contributed by atoms with E-state index in [1.165, 1.54) is 24.3 Å². The van der Waals surface area contributed by atoms with E-state index in [9.17, 15) is 26.4 Å². The first kappa shape index (κ1) is 21.4. The van der Waals surface area contributed by atoms with Crippen LogP contribution in [0.1, 0.15) is 18.4 Å². The van der Waals surface area contributed by atoms with Crippen LogP contribution in [-0.2, 0) is 25.7 Å². The highest BCUT2D eigenvalue weighted by Crippen LogP contribution is 2.34. The number of hydrogen-bond donors (Lipinski definition) is 2. The highest BCUT2D eigenvalue weighted by Gasteiger charge is 2.32. The fraction of sp³-hybridized carbons (Fsp3) is 0.278. The summed E-state index contributed by atoms with van der Waals surface area (Å²) >= 11 is 5.80. The second-order valence-electron chi connectivity index (χ2n) is 6.32. The van der Waals surface area contributed by atoms with Crippen LogP contribution < -0.4 is 10.0 Å². The third-order valence-electron chi connectivity index (χ3n) is 4.17. The molecule has 2 N–H and O–H groups in total. The number of nitrogens with one attached hydrogen (secondary N) is 2. The van der Waals surface area contributed by atoms with E-state index < -0.39 is 32.8 Å². The van der Waals surface area contributed by atoms with E-state index in [2.05, 4.69) is 10.0 Å². The van der Waals surface area contributed by atoms with Crippen molar-refractivity contribution < 1.29 is 31.1 Å². The van der Waals surface area contributed by atoms with Gasteiger partial charge in [-0.1, -0.05) is 11.6 Å². The molecule has 6 nitrogen and oxygen atoms in total. The number of anilines is 2. The number of halogens is 4. The minimum absolute atomic E-state index is 0.0913. The maximum absolute atomic E-state index is 12.9. The van der Waals surface area contributed by atoms with Gasteiger partial charge in [0.1, 0.15) is 11.0 Å². The lowest BCUT2D eigenvalue weighted by atomic mass is 10.2. The van der Waals surface area contributed by atoms with Gasteiger partial charge in [-0.3, -0.25) is 9.52 Å². The van der Waals surface area contributed by atoms with Crippen LogP contribution in [0.5, 0.6) is 0 Å². The number of rotatable bonds is 5. The van der Waals surface area contributed by atoms with E-state index in [0.717, 1.165) is 12.5 Å². The van der Waals surface area contributed by atoms with Gasteiger partial charge in [0.2, 0.25) is 0 Å². The Morgan fingerprint density at radius 1 is 1.10 bits per heavy atom. The number of benzene rings is 2. The summed E-state index contributed by atoms with van der Waals surface area (Å²) < 4.78 is 71.0. The lowest BCUT2D eigenvalue weighted by Gasteiger charge is -2.13. The highest BCUT2D eigenvalue weighted by atomic mass is 35.5. The molecule has 0 spiro atoms. The molecule has 29 heavy (non-hydrogen) atoms. The Hall–Kier alpha value is -2.30. The molecular weight excluding hydrogens is 433 g/mol. The maximum atomic E-state index is 12.9. The van der Waals surface area contributed by atoms with E-state index in [-0.39, 0.29) is 16.6 Å². The Balaban J connectivity index is 1.74. The van der Waals surface area contributed by atoms with Crippen molar-refractivity contribution in [2.75, 3.05) is 16.6 Å². The van der Waals surface area contributed by atoms with Gasteiger partial charge in [-0.25, -0.2) is 8.42 Å². The summed E-state index contributed by atoms with van der Waals surface area (Å²) in [4.78, 5) is 11.3.